The van der Waals surface area contributed by atoms with Crippen LogP contribution >= 0.6 is 23.1 Å². The molecular weight excluding hydrogens is 408 g/mol. The summed E-state index contributed by atoms with van der Waals surface area (Å²) < 4.78 is 0.732. The lowest BCUT2D eigenvalue weighted by Gasteiger charge is -2.27. The summed E-state index contributed by atoms with van der Waals surface area (Å²) in [7, 11) is 0. The van der Waals surface area contributed by atoms with E-state index in [4.69, 9.17) is 0 Å². The van der Waals surface area contributed by atoms with E-state index in [9.17, 15) is 14.9 Å². The summed E-state index contributed by atoms with van der Waals surface area (Å²) in [5.41, 5.74) is 0.933. The van der Waals surface area contributed by atoms with Crippen LogP contribution in [0, 0.1) is 22.0 Å². The minimum Gasteiger partial charge on any atom is -0.300 e. The molecule has 156 valence electrons. The number of thioether (sulfide) groups is 1. The normalized spacial score (nSPS) is 19.1. The first-order chi connectivity index (χ1) is 14.0. The monoisotopic (exact) mass is 434 g/mol. The number of aromatic nitrogens is 2. The van der Waals surface area contributed by atoms with E-state index in [1.807, 2.05) is 6.07 Å². The first-order valence-electron chi connectivity index (χ1n) is 10.1. The highest BCUT2D eigenvalue weighted by molar-refractivity contribution is 8.00. The van der Waals surface area contributed by atoms with E-state index in [-0.39, 0.29) is 17.5 Å². The second-order valence-electron chi connectivity index (χ2n) is 7.44. The van der Waals surface area contributed by atoms with Gasteiger partial charge in [0.25, 0.3) is 5.69 Å². The number of unbranched alkanes of at least 4 members (excludes halogenated alkanes) is 1. The van der Waals surface area contributed by atoms with E-state index in [2.05, 4.69) is 22.4 Å². The van der Waals surface area contributed by atoms with Gasteiger partial charge in [-0.2, -0.15) is 0 Å². The van der Waals surface area contributed by atoms with Crippen LogP contribution in [0.15, 0.2) is 28.6 Å². The van der Waals surface area contributed by atoms with Crippen molar-refractivity contribution in [2.24, 2.45) is 11.8 Å². The van der Waals surface area contributed by atoms with Crippen molar-refractivity contribution in [1.82, 2.24) is 10.2 Å². The number of nitro benzene ring substituents is 1. The number of benzene rings is 1. The third-order valence-corrected chi connectivity index (χ3v) is 7.35. The fourth-order valence-electron chi connectivity index (χ4n) is 3.64. The van der Waals surface area contributed by atoms with Crippen LogP contribution in [0.25, 0.3) is 0 Å². The molecule has 2 aromatic rings. The Kier molecular flexibility index (Phi) is 8.00. The van der Waals surface area contributed by atoms with Crippen LogP contribution in [0.4, 0.5) is 10.8 Å². The Morgan fingerprint density at radius 1 is 1.31 bits per heavy atom. The molecule has 1 fully saturated rings. The molecule has 0 saturated heterocycles. The standard InChI is InChI=1S/C20H26N4O3S2/c1-2-3-5-14-8-10-16(11-9-14)18(25)21-19-22-23-20(29-19)28-13-15-6-4-7-17(12-15)24(26)27/h4,6-7,12,14,16H,2-3,5,8-11,13H2,1H3,(H,21,22,25). The van der Waals surface area contributed by atoms with E-state index >= 15 is 0 Å². The maximum absolute atomic E-state index is 12.5. The largest absolute Gasteiger partial charge is 0.300 e. The van der Waals surface area contributed by atoms with Gasteiger partial charge in [0.05, 0.1) is 4.92 Å². The van der Waals surface area contributed by atoms with Gasteiger partial charge in [0.15, 0.2) is 4.34 Å². The number of hydrogen-bond donors (Lipinski definition) is 1. The Balaban J connectivity index is 1.46. The van der Waals surface area contributed by atoms with Gasteiger partial charge in [0.1, 0.15) is 0 Å². The number of carbonyl (C=O) groups is 1. The van der Waals surface area contributed by atoms with Gasteiger partial charge in [-0.15, -0.1) is 10.2 Å². The van der Waals surface area contributed by atoms with Crippen molar-refractivity contribution in [3.63, 3.8) is 0 Å². The lowest BCUT2D eigenvalue weighted by atomic mass is 9.79. The Morgan fingerprint density at radius 3 is 2.83 bits per heavy atom. The second kappa shape index (κ2) is 10.7. The minimum atomic E-state index is -0.399. The van der Waals surface area contributed by atoms with Crippen molar-refractivity contribution in [3.05, 3.63) is 39.9 Å². The molecule has 0 aliphatic heterocycles. The van der Waals surface area contributed by atoms with Gasteiger partial charge in [-0.05, 0) is 37.2 Å². The van der Waals surface area contributed by atoms with Gasteiger partial charge in [-0.1, -0.05) is 61.4 Å². The number of anilines is 1. The fraction of sp³-hybridized carbons (Fsp3) is 0.550. The number of hydrogen-bond acceptors (Lipinski definition) is 7. The van der Waals surface area contributed by atoms with Crippen LogP contribution in [0.1, 0.15) is 57.4 Å². The van der Waals surface area contributed by atoms with Gasteiger partial charge >= 0.3 is 0 Å². The van der Waals surface area contributed by atoms with Crippen molar-refractivity contribution < 1.29 is 9.72 Å². The lowest BCUT2D eigenvalue weighted by molar-refractivity contribution is -0.384. The Labute approximate surface area is 178 Å². The SMILES string of the molecule is CCCCC1CCC(C(=O)Nc2nnc(SCc3cccc([N+](=O)[O-])c3)s2)CC1. The Hall–Kier alpha value is -2.00. The Morgan fingerprint density at radius 2 is 2.10 bits per heavy atom. The van der Waals surface area contributed by atoms with E-state index in [1.165, 1.54) is 48.4 Å². The van der Waals surface area contributed by atoms with Crippen molar-refractivity contribution in [1.29, 1.82) is 0 Å². The molecule has 1 aliphatic carbocycles. The van der Waals surface area contributed by atoms with Gasteiger partial charge < -0.3 is 5.32 Å². The Bertz CT molecular complexity index is 835. The molecule has 0 radical (unpaired) electrons. The van der Waals surface area contributed by atoms with Crippen molar-refractivity contribution in [3.8, 4) is 0 Å². The van der Waals surface area contributed by atoms with Crippen LogP contribution in [0.3, 0.4) is 0 Å². The molecule has 1 aliphatic rings. The minimum absolute atomic E-state index is 0.0466. The van der Waals surface area contributed by atoms with Crippen LogP contribution in [-0.4, -0.2) is 21.0 Å². The molecule has 0 bridgehead atoms. The summed E-state index contributed by atoms with van der Waals surface area (Å²) in [5.74, 6) is 1.45. The molecule has 3 rings (SSSR count). The van der Waals surface area contributed by atoms with E-state index in [1.54, 1.807) is 12.1 Å². The predicted molar refractivity (Wildman–Crippen MR) is 116 cm³/mol. The molecule has 1 N–H and O–H groups in total. The number of nitrogens with zero attached hydrogens (tertiary/aromatic N) is 3. The van der Waals surface area contributed by atoms with Crippen LogP contribution in [-0.2, 0) is 10.5 Å². The molecule has 1 saturated carbocycles. The summed E-state index contributed by atoms with van der Waals surface area (Å²) in [6, 6.07) is 6.56. The average molecular weight is 435 g/mol. The second-order valence-corrected chi connectivity index (χ2v) is 9.64. The van der Waals surface area contributed by atoms with E-state index < -0.39 is 4.92 Å². The molecular formula is C20H26N4O3S2. The van der Waals surface area contributed by atoms with Crippen LogP contribution in [0.2, 0.25) is 0 Å². The number of amides is 1. The summed E-state index contributed by atoms with van der Waals surface area (Å²) in [5, 5.41) is 22.5. The van der Waals surface area contributed by atoms with E-state index in [0.717, 1.165) is 41.5 Å². The highest BCUT2D eigenvalue weighted by Gasteiger charge is 2.26. The summed E-state index contributed by atoms with van der Waals surface area (Å²) >= 11 is 2.80. The number of rotatable bonds is 9. The zero-order valence-corrected chi connectivity index (χ0v) is 18.1. The maximum atomic E-state index is 12.5. The molecule has 0 unspecified atom stereocenters. The van der Waals surface area contributed by atoms with Crippen LogP contribution < -0.4 is 5.32 Å². The maximum Gasteiger partial charge on any atom is 0.269 e. The first kappa shape index (κ1) is 21.7. The van der Waals surface area contributed by atoms with Gasteiger partial charge in [0, 0.05) is 23.8 Å². The third kappa shape index (κ3) is 6.50. The molecule has 0 atom stereocenters. The molecule has 0 spiro atoms. The van der Waals surface area contributed by atoms with Crippen molar-refractivity contribution in [2.75, 3.05) is 5.32 Å². The predicted octanol–water partition coefficient (Wildman–Crippen LogP) is 5.67. The van der Waals surface area contributed by atoms with Gasteiger partial charge in [-0.3, -0.25) is 14.9 Å². The summed E-state index contributed by atoms with van der Waals surface area (Å²) in [4.78, 5) is 23.0. The zero-order valence-electron chi connectivity index (χ0n) is 16.5. The summed E-state index contributed by atoms with van der Waals surface area (Å²) in [6.45, 7) is 2.22. The zero-order chi connectivity index (χ0) is 20.6. The number of nitro groups is 1. The molecule has 29 heavy (non-hydrogen) atoms. The molecule has 1 amide bonds. The molecule has 1 aromatic heterocycles. The van der Waals surface area contributed by atoms with E-state index in [0.29, 0.717) is 10.9 Å². The molecule has 1 heterocycles. The van der Waals surface area contributed by atoms with Gasteiger partial charge in [0.2, 0.25) is 11.0 Å². The molecule has 1 aromatic carbocycles. The smallest absolute Gasteiger partial charge is 0.269 e. The topological polar surface area (TPSA) is 98.0 Å². The van der Waals surface area contributed by atoms with Gasteiger partial charge in [-0.25, -0.2) is 0 Å². The number of carbonyl (C=O) groups excluding carboxylic acids is 1. The highest BCUT2D eigenvalue weighted by atomic mass is 32.2. The third-order valence-electron chi connectivity index (χ3n) is 5.30. The lowest BCUT2D eigenvalue weighted by Crippen LogP contribution is -2.27. The highest BCUT2D eigenvalue weighted by Crippen LogP contribution is 2.33. The molecule has 7 nitrogen and oxygen atoms in total. The quantitative estimate of drug-likeness (QED) is 0.236. The average Bonchev–Trinajstić information content (AvgIpc) is 3.18. The summed E-state index contributed by atoms with van der Waals surface area (Å²) in [6.07, 6.45) is 7.98. The number of non-ortho nitro benzene ring substituents is 1. The van der Waals surface area contributed by atoms with Crippen molar-refractivity contribution >= 4 is 39.8 Å². The first-order valence-corrected chi connectivity index (χ1v) is 11.9. The molecule has 9 heteroatoms. The van der Waals surface area contributed by atoms with Crippen molar-refractivity contribution in [2.45, 2.75) is 62.0 Å². The fourth-order valence-corrected chi connectivity index (χ4v) is 5.33. The number of nitrogens with one attached hydrogen (secondary N) is 1. The van der Waals surface area contributed by atoms with Crippen LogP contribution in [0.5, 0.6) is 0 Å².